The first kappa shape index (κ1) is 12.5. The normalized spacial score (nSPS) is 9.56. The second kappa shape index (κ2) is 6.14. The zero-order valence-corrected chi connectivity index (χ0v) is 9.75. The first-order valence-corrected chi connectivity index (χ1v) is 5.44. The molecule has 0 N–H and O–H groups in total. The van der Waals surface area contributed by atoms with Crippen LogP contribution in [0.15, 0.2) is 18.2 Å². The Morgan fingerprint density at radius 2 is 2.31 bits per heavy atom. The van der Waals surface area contributed by atoms with Gasteiger partial charge >= 0.3 is 5.97 Å². The van der Waals surface area contributed by atoms with Crippen molar-refractivity contribution < 1.29 is 9.53 Å². The van der Waals surface area contributed by atoms with Crippen LogP contribution in [-0.2, 0) is 11.2 Å². The summed E-state index contributed by atoms with van der Waals surface area (Å²) in [4.78, 5) is 11.5. The van der Waals surface area contributed by atoms with E-state index in [0.717, 1.165) is 12.0 Å². The van der Waals surface area contributed by atoms with E-state index in [1.54, 1.807) is 18.2 Å². The van der Waals surface area contributed by atoms with Crippen LogP contribution in [0.4, 0.5) is 0 Å². The molecule has 0 aromatic heterocycles. The largest absolute Gasteiger partial charge is 0.465 e. The van der Waals surface area contributed by atoms with Crippen LogP contribution in [0.2, 0.25) is 0 Å². The van der Waals surface area contributed by atoms with E-state index in [-0.39, 0.29) is 0 Å². The lowest BCUT2D eigenvalue weighted by Crippen LogP contribution is -2.07. The second-order valence-corrected chi connectivity index (χ2v) is 3.61. The number of halogens is 1. The summed E-state index contributed by atoms with van der Waals surface area (Å²) in [6, 6.07) is 7.10. The van der Waals surface area contributed by atoms with Gasteiger partial charge < -0.3 is 4.74 Å². The molecule has 1 rings (SSSR count). The summed E-state index contributed by atoms with van der Waals surface area (Å²) in [5.74, 6) is 0.0853. The molecule has 0 bridgehead atoms. The number of nitriles is 1. The molecule has 84 valence electrons. The molecule has 0 spiro atoms. The Morgan fingerprint density at radius 1 is 1.56 bits per heavy atom. The van der Waals surface area contributed by atoms with E-state index in [1.807, 2.05) is 0 Å². The second-order valence-electron chi connectivity index (χ2n) is 3.23. The smallest absolute Gasteiger partial charge is 0.338 e. The van der Waals surface area contributed by atoms with Gasteiger partial charge in [-0.05, 0) is 30.5 Å². The Labute approximate surface area is 99.6 Å². The lowest BCUT2D eigenvalue weighted by atomic mass is 9.98. The van der Waals surface area contributed by atoms with Crippen LogP contribution < -0.4 is 0 Å². The first-order chi connectivity index (χ1) is 7.74. The minimum Gasteiger partial charge on any atom is -0.465 e. The van der Waals surface area contributed by atoms with Crippen LogP contribution in [0, 0.1) is 11.3 Å². The number of rotatable bonds is 4. The molecule has 0 unspecified atom stereocenters. The summed E-state index contributed by atoms with van der Waals surface area (Å²) in [5.41, 5.74) is 1.68. The Balaban J connectivity index is 3.16. The number of methoxy groups -OCH3 is 1. The van der Waals surface area contributed by atoms with Gasteiger partial charge in [-0.15, -0.1) is 11.6 Å². The van der Waals surface area contributed by atoms with Crippen LogP contribution in [0.25, 0.3) is 0 Å². The maximum absolute atomic E-state index is 11.5. The Bertz CT molecular complexity index is 424. The quantitative estimate of drug-likeness (QED) is 0.597. The highest BCUT2D eigenvalue weighted by atomic mass is 35.5. The maximum atomic E-state index is 11.5. The van der Waals surface area contributed by atoms with Crippen molar-refractivity contribution in [1.29, 1.82) is 5.26 Å². The van der Waals surface area contributed by atoms with Gasteiger partial charge in [0, 0.05) is 5.88 Å². The standard InChI is InChI=1S/C12H12ClNO2/c1-16-12(15)11-5-2-4-9(8-14)10(11)6-3-7-13/h2,4-5H,3,6-7H2,1H3. The van der Waals surface area contributed by atoms with Crippen molar-refractivity contribution in [2.24, 2.45) is 0 Å². The number of carbonyl (C=O) groups is 1. The van der Waals surface area contributed by atoms with Crippen LogP contribution in [0.5, 0.6) is 0 Å². The van der Waals surface area contributed by atoms with Gasteiger partial charge in [-0.1, -0.05) is 6.07 Å². The van der Waals surface area contributed by atoms with Crippen LogP contribution >= 0.6 is 11.6 Å². The number of alkyl halides is 1. The van der Waals surface area contributed by atoms with Crippen molar-refractivity contribution >= 4 is 17.6 Å². The minimum absolute atomic E-state index is 0.415. The van der Waals surface area contributed by atoms with E-state index in [9.17, 15) is 4.79 Å². The average molecular weight is 238 g/mol. The number of esters is 1. The molecule has 3 nitrogen and oxygen atoms in total. The summed E-state index contributed by atoms with van der Waals surface area (Å²) in [6.45, 7) is 0. The maximum Gasteiger partial charge on any atom is 0.338 e. The number of hydrogen-bond acceptors (Lipinski definition) is 3. The van der Waals surface area contributed by atoms with Gasteiger partial charge in [0.15, 0.2) is 0 Å². The molecule has 0 heterocycles. The molecule has 0 aliphatic heterocycles. The SMILES string of the molecule is COC(=O)c1cccc(C#N)c1CCCCl. The number of hydrogen-bond donors (Lipinski definition) is 0. The molecule has 0 amide bonds. The van der Waals surface area contributed by atoms with Gasteiger partial charge in [-0.2, -0.15) is 5.26 Å². The molecule has 0 radical (unpaired) electrons. The molecule has 0 aliphatic rings. The molecule has 4 heteroatoms. The van der Waals surface area contributed by atoms with E-state index in [0.29, 0.717) is 23.4 Å². The van der Waals surface area contributed by atoms with E-state index in [2.05, 4.69) is 10.8 Å². The highest BCUT2D eigenvalue weighted by Gasteiger charge is 2.14. The molecule has 0 atom stereocenters. The van der Waals surface area contributed by atoms with Crippen molar-refractivity contribution in [3.05, 3.63) is 34.9 Å². The van der Waals surface area contributed by atoms with Crippen molar-refractivity contribution in [2.45, 2.75) is 12.8 Å². The third-order valence-corrected chi connectivity index (χ3v) is 2.53. The predicted molar refractivity (Wildman–Crippen MR) is 61.5 cm³/mol. The Hall–Kier alpha value is -1.53. The van der Waals surface area contributed by atoms with Gasteiger partial charge in [0.2, 0.25) is 0 Å². The summed E-state index contributed by atoms with van der Waals surface area (Å²) >= 11 is 5.61. The fraction of sp³-hybridized carbons (Fsp3) is 0.333. The van der Waals surface area contributed by atoms with Crippen molar-refractivity contribution in [1.82, 2.24) is 0 Å². The summed E-state index contributed by atoms with van der Waals surface area (Å²) < 4.78 is 4.68. The molecule has 1 aromatic rings. The Kier molecular flexibility index (Phi) is 4.81. The van der Waals surface area contributed by atoms with Gasteiger partial charge in [0.1, 0.15) is 0 Å². The zero-order chi connectivity index (χ0) is 12.0. The molecular formula is C12H12ClNO2. The number of carbonyl (C=O) groups excluding carboxylic acids is 1. The molecule has 16 heavy (non-hydrogen) atoms. The van der Waals surface area contributed by atoms with E-state index in [4.69, 9.17) is 16.9 Å². The first-order valence-electron chi connectivity index (χ1n) is 4.90. The zero-order valence-electron chi connectivity index (χ0n) is 9.00. The average Bonchev–Trinajstić information content (AvgIpc) is 2.34. The number of benzene rings is 1. The van der Waals surface area contributed by atoms with Gasteiger partial charge in [-0.25, -0.2) is 4.79 Å². The minimum atomic E-state index is -0.415. The third kappa shape index (κ3) is 2.74. The molecule has 0 saturated heterocycles. The number of ether oxygens (including phenoxy) is 1. The number of nitrogens with zero attached hydrogens (tertiary/aromatic N) is 1. The van der Waals surface area contributed by atoms with E-state index in [1.165, 1.54) is 7.11 Å². The summed E-state index contributed by atoms with van der Waals surface area (Å²) in [7, 11) is 1.33. The molecule has 1 aromatic carbocycles. The predicted octanol–water partition coefficient (Wildman–Crippen LogP) is 2.52. The lowest BCUT2D eigenvalue weighted by Gasteiger charge is -2.08. The van der Waals surface area contributed by atoms with Gasteiger partial charge in [-0.3, -0.25) is 0 Å². The van der Waals surface area contributed by atoms with E-state index >= 15 is 0 Å². The monoisotopic (exact) mass is 237 g/mol. The molecule has 0 saturated carbocycles. The van der Waals surface area contributed by atoms with Crippen molar-refractivity contribution in [3.8, 4) is 6.07 Å². The highest BCUT2D eigenvalue weighted by molar-refractivity contribution is 6.17. The van der Waals surface area contributed by atoms with Crippen molar-refractivity contribution in [2.75, 3.05) is 13.0 Å². The highest BCUT2D eigenvalue weighted by Crippen LogP contribution is 2.17. The lowest BCUT2D eigenvalue weighted by molar-refractivity contribution is 0.0599. The van der Waals surface area contributed by atoms with E-state index < -0.39 is 5.97 Å². The fourth-order valence-corrected chi connectivity index (χ4v) is 1.64. The van der Waals surface area contributed by atoms with Crippen LogP contribution in [-0.4, -0.2) is 19.0 Å². The van der Waals surface area contributed by atoms with Gasteiger partial charge in [0.05, 0.1) is 24.3 Å². The van der Waals surface area contributed by atoms with Gasteiger partial charge in [0.25, 0.3) is 0 Å². The summed E-state index contributed by atoms with van der Waals surface area (Å²) in [5, 5.41) is 8.96. The fourth-order valence-electron chi connectivity index (χ4n) is 1.51. The summed E-state index contributed by atoms with van der Waals surface area (Å²) in [6.07, 6.45) is 1.34. The Morgan fingerprint density at radius 3 is 2.88 bits per heavy atom. The molecule has 0 fully saturated rings. The third-order valence-electron chi connectivity index (χ3n) is 2.26. The molecular weight excluding hydrogens is 226 g/mol. The van der Waals surface area contributed by atoms with Crippen molar-refractivity contribution in [3.63, 3.8) is 0 Å². The van der Waals surface area contributed by atoms with Crippen LogP contribution in [0.3, 0.4) is 0 Å². The molecule has 0 aliphatic carbocycles. The van der Waals surface area contributed by atoms with Crippen LogP contribution in [0.1, 0.15) is 27.9 Å². The topological polar surface area (TPSA) is 50.1 Å².